The number of hydrogen-bond donors (Lipinski definition) is 3. The number of nitrogen functional groups attached to an aromatic ring is 1. The summed E-state index contributed by atoms with van der Waals surface area (Å²) in [4.78, 5) is 13.1. The average molecular weight is 395 g/mol. The van der Waals surface area contributed by atoms with Crippen molar-refractivity contribution in [2.75, 3.05) is 25.2 Å². The molecular weight excluding hydrogens is 370 g/mol. The Morgan fingerprint density at radius 3 is 2.93 bits per heavy atom. The lowest BCUT2D eigenvalue weighted by Gasteiger charge is -2.16. The number of aromatic nitrogens is 4. The molecule has 0 bridgehead atoms. The number of aliphatic hydroxyl groups excluding tert-OH is 2. The molecule has 4 N–H and O–H groups in total. The number of thioether (sulfide) groups is 1. The second-order valence-electron chi connectivity index (χ2n) is 6.35. The molecule has 4 atom stereocenters. The van der Waals surface area contributed by atoms with Crippen molar-refractivity contribution < 1.29 is 19.7 Å². The van der Waals surface area contributed by atoms with Crippen LogP contribution in [0, 0.1) is 0 Å². The number of anilines is 1. The molecule has 0 aliphatic carbocycles. The number of imidazole rings is 1. The smallest absolute Gasteiger partial charge is 0.191 e. The van der Waals surface area contributed by atoms with Gasteiger partial charge in [-0.05, 0) is 19.3 Å². The van der Waals surface area contributed by atoms with Gasteiger partial charge in [0.1, 0.15) is 23.8 Å². The maximum atomic E-state index is 10.4. The van der Waals surface area contributed by atoms with E-state index in [2.05, 4.69) is 21.5 Å². The molecule has 10 heteroatoms. The van der Waals surface area contributed by atoms with Crippen LogP contribution in [-0.2, 0) is 9.47 Å². The van der Waals surface area contributed by atoms with Gasteiger partial charge in [-0.3, -0.25) is 4.57 Å². The van der Waals surface area contributed by atoms with Gasteiger partial charge in [0, 0.05) is 12.9 Å². The van der Waals surface area contributed by atoms with Crippen molar-refractivity contribution in [3.63, 3.8) is 0 Å². The first-order valence-corrected chi connectivity index (χ1v) is 9.79. The van der Waals surface area contributed by atoms with E-state index < -0.39 is 24.5 Å². The molecule has 1 aliphatic rings. The van der Waals surface area contributed by atoms with Gasteiger partial charge in [0.25, 0.3) is 0 Å². The van der Waals surface area contributed by atoms with Crippen molar-refractivity contribution in [1.82, 2.24) is 19.5 Å². The van der Waals surface area contributed by atoms with Crippen LogP contribution in [0.1, 0.15) is 25.5 Å². The quantitative estimate of drug-likeness (QED) is 0.247. The number of nitrogens with two attached hydrogens (primary N) is 1. The van der Waals surface area contributed by atoms with Gasteiger partial charge in [0.2, 0.25) is 0 Å². The number of nitrogens with zero attached hydrogens (tertiary/aromatic N) is 4. The minimum absolute atomic E-state index is 0.171. The van der Waals surface area contributed by atoms with E-state index >= 15 is 0 Å². The van der Waals surface area contributed by atoms with Crippen LogP contribution in [0.2, 0.25) is 0 Å². The van der Waals surface area contributed by atoms with Gasteiger partial charge >= 0.3 is 0 Å². The second-order valence-corrected chi connectivity index (χ2v) is 7.41. The van der Waals surface area contributed by atoms with Gasteiger partial charge in [-0.25, -0.2) is 15.0 Å². The van der Waals surface area contributed by atoms with Crippen LogP contribution in [0.15, 0.2) is 24.1 Å². The molecule has 27 heavy (non-hydrogen) atoms. The van der Waals surface area contributed by atoms with Crippen LogP contribution in [0.25, 0.3) is 11.2 Å². The van der Waals surface area contributed by atoms with E-state index in [9.17, 15) is 10.2 Å². The van der Waals surface area contributed by atoms with E-state index in [1.807, 2.05) is 6.08 Å². The highest BCUT2D eigenvalue weighted by atomic mass is 32.2. The number of unbranched alkanes of at least 4 members (excludes halogenated alkanes) is 2. The molecule has 1 aliphatic heterocycles. The average Bonchev–Trinajstić information content (AvgIpc) is 3.19. The summed E-state index contributed by atoms with van der Waals surface area (Å²) in [6, 6.07) is 0. The summed E-state index contributed by atoms with van der Waals surface area (Å²) < 4.78 is 12.4. The molecule has 1 fully saturated rings. The normalized spacial score (nSPS) is 25.3. The topological polar surface area (TPSA) is 129 Å². The molecule has 3 rings (SSSR count). The highest BCUT2D eigenvalue weighted by Gasteiger charge is 2.44. The highest BCUT2D eigenvalue weighted by Crippen LogP contribution is 2.33. The van der Waals surface area contributed by atoms with Gasteiger partial charge in [-0.2, -0.15) is 0 Å². The van der Waals surface area contributed by atoms with Gasteiger partial charge in [0.05, 0.1) is 12.9 Å². The predicted octanol–water partition coefficient (Wildman–Crippen LogP) is 1.12. The predicted molar refractivity (Wildman–Crippen MR) is 102 cm³/mol. The zero-order valence-electron chi connectivity index (χ0n) is 15.2. The van der Waals surface area contributed by atoms with Crippen LogP contribution in [0.4, 0.5) is 5.82 Å². The molecule has 2 aromatic heterocycles. The molecule has 0 spiro atoms. The lowest BCUT2D eigenvalue weighted by molar-refractivity contribution is -0.0580. The SMILES string of the molecule is C=CCCCCSc1nc(N)c2ncn([C@@H]3O[C@H](COC)[C@@H](O)[C@H]3O)c2n1. The van der Waals surface area contributed by atoms with E-state index in [1.165, 1.54) is 25.2 Å². The van der Waals surface area contributed by atoms with Gasteiger partial charge in [-0.15, -0.1) is 6.58 Å². The van der Waals surface area contributed by atoms with Gasteiger partial charge in [-0.1, -0.05) is 17.8 Å². The number of aliphatic hydroxyl groups is 2. The first kappa shape index (κ1) is 20.0. The van der Waals surface area contributed by atoms with Crippen molar-refractivity contribution in [2.24, 2.45) is 0 Å². The third-order valence-corrected chi connectivity index (χ3v) is 5.34. The summed E-state index contributed by atoms with van der Waals surface area (Å²) in [5.41, 5.74) is 6.93. The Kier molecular flexibility index (Phi) is 6.66. The standard InChI is InChI=1S/C17H25N5O4S/c1-3-4-5-6-7-27-17-20-14(18)11-15(21-17)22(9-19-11)16-13(24)12(23)10(26-16)8-25-2/h3,9-10,12-13,16,23-24H,1,4-8H2,2H3,(H2,18,20,21)/t10-,12-,13-,16-/m1/s1. The van der Waals surface area contributed by atoms with E-state index in [-0.39, 0.29) is 12.4 Å². The number of rotatable bonds is 9. The van der Waals surface area contributed by atoms with Gasteiger partial charge < -0.3 is 25.4 Å². The number of ether oxygens (including phenoxy) is 2. The fourth-order valence-corrected chi connectivity index (χ4v) is 3.83. The third-order valence-electron chi connectivity index (χ3n) is 4.40. The summed E-state index contributed by atoms with van der Waals surface area (Å²) in [6.07, 6.45) is 2.80. The van der Waals surface area contributed by atoms with Crippen LogP contribution in [0.3, 0.4) is 0 Å². The Morgan fingerprint density at radius 1 is 1.37 bits per heavy atom. The maximum absolute atomic E-state index is 10.4. The summed E-state index contributed by atoms with van der Waals surface area (Å²) >= 11 is 1.51. The van der Waals surface area contributed by atoms with Gasteiger partial charge in [0.15, 0.2) is 22.8 Å². The Bertz CT molecular complexity index is 786. The van der Waals surface area contributed by atoms with E-state index in [4.69, 9.17) is 15.2 Å². The number of allylic oxidation sites excluding steroid dienone is 1. The van der Waals surface area contributed by atoms with Crippen molar-refractivity contribution in [3.8, 4) is 0 Å². The molecule has 0 aromatic carbocycles. The molecule has 1 saturated heterocycles. The van der Waals surface area contributed by atoms with E-state index in [0.29, 0.717) is 16.3 Å². The van der Waals surface area contributed by atoms with Crippen molar-refractivity contribution in [2.45, 2.75) is 49.0 Å². The lowest BCUT2D eigenvalue weighted by atomic mass is 10.1. The lowest BCUT2D eigenvalue weighted by Crippen LogP contribution is -2.33. The zero-order valence-corrected chi connectivity index (χ0v) is 16.0. The minimum Gasteiger partial charge on any atom is -0.387 e. The maximum Gasteiger partial charge on any atom is 0.191 e. The zero-order chi connectivity index (χ0) is 19.4. The summed E-state index contributed by atoms with van der Waals surface area (Å²) in [5, 5.41) is 21.1. The summed E-state index contributed by atoms with van der Waals surface area (Å²) in [5.74, 6) is 1.14. The Morgan fingerprint density at radius 2 is 2.19 bits per heavy atom. The van der Waals surface area contributed by atoms with Crippen LogP contribution in [-0.4, -0.2) is 67.5 Å². The first-order chi connectivity index (χ1) is 13.1. The molecule has 9 nitrogen and oxygen atoms in total. The third kappa shape index (κ3) is 4.25. The first-order valence-electron chi connectivity index (χ1n) is 8.81. The van der Waals surface area contributed by atoms with Crippen LogP contribution >= 0.6 is 11.8 Å². The Hall–Kier alpha value is -1.72. The molecule has 0 unspecified atom stereocenters. The Labute approximate surface area is 161 Å². The number of methoxy groups -OCH3 is 1. The van der Waals surface area contributed by atoms with E-state index in [0.717, 1.165) is 25.0 Å². The molecule has 0 saturated carbocycles. The molecular formula is C17H25N5O4S. The highest BCUT2D eigenvalue weighted by molar-refractivity contribution is 7.99. The molecule has 2 aromatic rings. The molecule has 0 radical (unpaired) electrons. The Balaban J connectivity index is 1.81. The largest absolute Gasteiger partial charge is 0.387 e. The van der Waals surface area contributed by atoms with Crippen LogP contribution < -0.4 is 5.73 Å². The van der Waals surface area contributed by atoms with Crippen molar-refractivity contribution in [3.05, 3.63) is 19.0 Å². The number of fused-ring (bicyclic) bond motifs is 1. The number of hydrogen-bond acceptors (Lipinski definition) is 9. The summed E-state index contributed by atoms with van der Waals surface area (Å²) in [7, 11) is 1.51. The van der Waals surface area contributed by atoms with Crippen molar-refractivity contribution >= 4 is 28.7 Å². The summed E-state index contributed by atoms with van der Waals surface area (Å²) in [6.45, 7) is 3.89. The monoisotopic (exact) mass is 395 g/mol. The second kappa shape index (κ2) is 8.98. The molecule has 0 amide bonds. The molecule has 148 valence electrons. The fourth-order valence-electron chi connectivity index (χ4n) is 2.98. The van der Waals surface area contributed by atoms with E-state index in [1.54, 1.807) is 4.57 Å². The molecule has 3 heterocycles. The fraction of sp³-hybridized carbons (Fsp3) is 0.588. The minimum atomic E-state index is -1.13. The van der Waals surface area contributed by atoms with Crippen LogP contribution in [0.5, 0.6) is 0 Å². The van der Waals surface area contributed by atoms with Crippen molar-refractivity contribution in [1.29, 1.82) is 0 Å².